The second-order valence-electron chi connectivity index (χ2n) is 16.5. The number of rotatable bonds is 12. The number of aliphatic hydroxyl groups excluding tert-OH is 1. The van der Waals surface area contributed by atoms with Gasteiger partial charge >= 0.3 is 0 Å². The zero-order valence-corrected chi connectivity index (χ0v) is 44.8. The average molecular weight is 1240 g/mol. The molecule has 6 aromatic carbocycles. The number of nitrogens with zero attached hydrogens (tertiary/aromatic N) is 13. The number of aliphatic hydroxyl groups is 1. The van der Waals surface area contributed by atoms with Crippen LogP contribution in [-0.4, -0.2) is 133 Å². The number of aromatic nitrogens is 12. The molecule has 4 heterocycles. The van der Waals surface area contributed by atoms with Gasteiger partial charge in [0.1, 0.15) is 54.7 Å². The number of aromatic hydroxyl groups is 2. The van der Waals surface area contributed by atoms with Gasteiger partial charge in [0.05, 0.1) is 38.2 Å². The fraction of sp³-hybridized carbons (Fsp3) is 0. The Morgan fingerprint density at radius 2 is 0.902 bits per heavy atom. The molecule has 10 aromatic rings. The van der Waals surface area contributed by atoms with Crippen LogP contribution in [-0.2, 0) is 40.5 Å². The molecule has 39 heteroatoms. The van der Waals surface area contributed by atoms with E-state index in [0.29, 0.717) is 0 Å². The molecule has 0 fully saturated rings. The fourth-order valence-electron chi connectivity index (χ4n) is 7.32. The zero-order valence-electron chi connectivity index (χ0n) is 40.0. The third kappa shape index (κ3) is 12.6. The second-order valence-corrected chi connectivity index (χ2v) is 22.9. The van der Waals surface area contributed by atoms with Crippen molar-refractivity contribution in [1.82, 2.24) is 59.9 Å². The van der Waals surface area contributed by atoms with Gasteiger partial charge in [0.25, 0.3) is 46.5 Å². The van der Waals surface area contributed by atoms with Crippen molar-refractivity contribution in [2.75, 3.05) is 5.32 Å². The summed E-state index contributed by atoms with van der Waals surface area (Å²) in [6.45, 7) is 0. The molecule has 0 spiro atoms. The molecule has 0 bridgehead atoms. The minimum absolute atomic E-state index is 0.166. The van der Waals surface area contributed by atoms with E-state index in [-0.39, 0.29) is 94.9 Å². The highest BCUT2D eigenvalue weighted by molar-refractivity contribution is 7.86. The minimum atomic E-state index is -5.09. The highest BCUT2D eigenvalue weighted by atomic mass is 35.5. The van der Waals surface area contributed by atoms with Gasteiger partial charge in [0, 0.05) is 5.69 Å². The van der Waals surface area contributed by atoms with Crippen LogP contribution >= 0.6 is 23.2 Å². The summed E-state index contributed by atoms with van der Waals surface area (Å²) in [5.74, 6) is -0.798. The molecule has 0 aliphatic rings. The first-order valence-electron chi connectivity index (χ1n) is 22.1. The van der Waals surface area contributed by atoms with Crippen molar-refractivity contribution in [2.24, 2.45) is 25.0 Å². The van der Waals surface area contributed by atoms with Gasteiger partial charge in [-0.1, -0.05) is 0 Å². The fourth-order valence-corrected chi connectivity index (χ4v) is 9.96. The molecule has 4 aromatic heterocycles. The molecule has 82 heavy (non-hydrogen) atoms. The summed E-state index contributed by atoms with van der Waals surface area (Å²) in [5.41, 5.74) is -1.08. The number of hydrogen-bond acceptors (Lipinski definition) is 21. The second kappa shape index (κ2) is 21.2. The number of halogens is 2. The summed E-state index contributed by atoms with van der Waals surface area (Å²) in [7, 11) is -19.4. The van der Waals surface area contributed by atoms with Crippen molar-refractivity contribution in [1.29, 1.82) is 0 Å². The smallest absolute Gasteiger partial charge is 0.296 e. The first-order valence-corrected chi connectivity index (χ1v) is 28.6. The number of nitrogens with one attached hydrogen (secondary N) is 5. The third-order valence-electron chi connectivity index (χ3n) is 10.8. The molecule has 0 saturated heterocycles. The summed E-state index contributed by atoms with van der Waals surface area (Å²) >= 11 is 12.4. The Morgan fingerprint density at radius 3 is 1.35 bits per heavy atom. The molecule has 0 atom stereocenters. The number of aliphatic imine (C=N–C) groups is 1. The number of anilines is 1. The molecule has 0 saturated carbocycles. The number of H-pyrrole nitrogens is 4. The number of phenolic OH excluding ortho intramolecular Hbond substituents is 2. The molecular formula is C43H30Cl2N18O15S4. The van der Waals surface area contributed by atoms with Crippen LogP contribution in [0.5, 0.6) is 11.5 Å². The van der Waals surface area contributed by atoms with Crippen LogP contribution < -0.4 is 27.8 Å². The highest BCUT2D eigenvalue weighted by Crippen LogP contribution is 2.32. The van der Waals surface area contributed by atoms with E-state index in [1.54, 1.807) is 0 Å². The van der Waals surface area contributed by atoms with Crippen LogP contribution in [0.25, 0.3) is 33.4 Å². The van der Waals surface area contributed by atoms with Gasteiger partial charge in [-0.2, -0.15) is 48.6 Å². The molecule has 0 radical (unpaired) electrons. The molecule has 0 unspecified atom stereocenters. The summed E-state index contributed by atoms with van der Waals surface area (Å²) in [6.07, 6.45) is 0. The van der Waals surface area contributed by atoms with Crippen LogP contribution in [0, 0.1) is 0 Å². The molecule has 10 rings (SSSR count). The van der Waals surface area contributed by atoms with Crippen LogP contribution in [0.3, 0.4) is 0 Å². The summed E-state index contributed by atoms with van der Waals surface area (Å²) in [5, 5.41) is 50.3. The van der Waals surface area contributed by atoms with E-state index in [2.05, 4.69) is 80.6 Å². The lowest BCUT2D eigenvalue weighted by Crippen LogP contribution is -2.26. The van der Waals surface area contributed by atoms with Gasteiger partial charge in [-0.25, -0.2) is 20.0 Å². The van der Waals surface area contributed by atoms with Crippen molar-refractivity contribution in [3.8, 4) is 22.9 Å². The normalized spacial score (nSPS) is 13.7. The quantitative estimate of drug-likeness (QED) is 0.0473. The number of fused-ring (bicyclic) bond motifs is 2. The topological polar surface area (TPSA) is 502 Å². The van der Waals surface area contributed by atoms with Crippen molar-refractivity contribution >= 4 is 126 Å². The lowest BCUT2D eigenvalue weighted by molar-refractivity contribution is 0.464. The SMILES string of the molecule is O=S(=O)(O)c1ccc(O)c(-n2nc3ccc(N=c4nc(Cl)[nH]c(=Nc5ccc(N=C(O)Nc6ccc(N=c7[nH]c(Cl)nc(=Nc8ccc9nn(-c%10cc(S(=O)(=O)O)ccc%10O)nc9c8)[nH]7)c(S(=O)(=O)O)c6)cc5S(=O)(=O)O)[nH]4)cc3n2)c1. The van der Waals surface area contributed by atoms with E-state index in [0.717, 1.165) is 70.3 Å². The molecule has 0 aliphatic carbocycles. The first-order chi connectivity index (χ1) is 38.6. The van der Waals surface area contributed by atoms with Crippen molar-refractivity contribution in [3.63, 3.8) is 0 Å². The number of aromatic amines is 4. The molecule has 420 valence electrons. The molecule has 0 aliphatic heterocycles. The van der Waals surface area contributed by atoms with Crippen LogP contribution in [0.4, 0.5) is 34.1 Å². The predicted octanol–water partition coefficient (Wildman–Crippen LogP) is 3.55. The monoisotopic (exact) mass is 1240 g/mol. The Kier molecular flexibility index (Phi) is 14.4. The van der Waals surface area contributed by atoms with E-state index >= 15 is 0 Å². The average Bonchev–Trinajstić information content (AvgIpc) is 4.00. The van der Waals surface area contributed by atoms with Gasteiger partial charge in [-0.3, -0.25) is 28.2 Å². The summed E-state index contributed by atoms with van der Waals surface area (Å²) in [6, 6.07) is 20.1. The zero-order chi connectivity index (χ0) is 58.6. The van der Waals surface area contributed by atoms with Gasteiger partial charge in [-0.05, 0) is 132 Å². The standard InChI is InChI=1S/C43H30Cl2N18O15S4/c44-37-52-39(46-19-1-7-25-29(13-19)60-62(58-25)31-17-23(79(67,68)69)5-11-33(31)64)56-41(54-37)50-27-9-3-21(15-35(27)81(73,74)75)48-43(66)49-22-4-10-28(36(16-22)82(76,77)78)51-42-55-38(45)53-40(57-42)47-20-2-8-26-30(14-20)61-63(59-26)32-18-24(80(70,71)72)6-12-34(32)65/h1-18,64-65H,(H2,48,49,66)(H,67,68,69)(H,70,71,72)(H,73,74,75)(H,76,77,78)(H2,46,50,52,54,56)(H2,47,51,53,55,57). The van der Waals surface area contributed by atoms with Crippen molar-refractivity contribution in [3.05, 3.63) is 142 Å². The largest absolute Gasteiger partial charge is 0.506 e. The Labute approximate surface area is 465 Å². The number of phenols is 2. The maximum absolute atomic E-state index is 12.7. The lowest BCUT2D eigenvalue weighted by Gasteiger charge is -2.09. The van der Waals surface area contributed by atoms with Crippen LogP contribution in [0.2, 0.25) is 10.6 Å². The molecular weight excluding hydrogens is 1210 g/mol. The maximum Gasteiger partial charge on any atom is 0.296 e. The lowest BCUT2D eigenvalue weighted by atomic mass is 10.3. The molecule has 12 N–H and O–H groups in total. The maximum atomic E-state index is 12.7. The molecule has 0 amide bonds. The Bertz CT molecular complexity index is 5140. The minimum Gasteiger partial charge on any atom is -0.506 e. The Morgan fingerprint density at radius 1 is 0.476 bits per heavy atom. The van der Waals surface area contributed by atoms with E-state index in [1.165, 1.54) is 48.5 Å². The summed E-state index contributed by atoms with van der Waals surface area (Å²) < 4.78 is 137. The van der Waals surface area contributed by atoms with Crippen LogP contribution in [0.15, 0.2) is 154 Å². The van der Waals surface area contributed by atoms with Gasteiger partial charge in [0.2, 0.25) is 33.0 Å². The van der Waals surface area contributed by atoms with E-state index in [9.17, 15) is 67.2 Å². The first kappa shape index (κ1) is 55.7. The Hall–Kier alpha value is -9.57. The van der Waals surface area contributed by atoms with E-state index in [1.807, 2.05) is 0 Å². The molecule has 33 nitrogen and oxygen atoms in total. The number of hydrogen-bond donors (Lipinski definition) is 12. The van der Waals surface area contributed by atoms with Gasteiger partial charge < -0.3 is 30.6 Å². The highest BCUT2D eigenvalue weighted by Gasteiger charge is 2.21. The van der Waals surface area contributed by atoms with Gasteiger partial charge in [0.15, 0.2) is 0 Å². The predicted molar refractivity (Wildman–Crippen MR) is 283 cm³/mol. The summed E-state index contributed by atoms with van der Waals surface area (Å²) in [4.78, 5) is 38.8. The van der Waals surface area contributed by atoms with Gasteiger partial charge in [-0.15, -0.1) is 30.0 Å². The third-order valence-corrected chi connectivity index (χ3v) is 14.7. The Balaban J connectivity index is 0.896. The van der Waals surface area contributed by atoms with E-state index < -0.39 is 83.3 Å². The number of amidine groups is 1. The van der Waals surface area contributed by atoms with Crippen LogP contribution in [0.1, 0.15) is 0 Å². The number of benzene rings is 6. The van der Waals surface area contributed by atoms with E-state index in [4.69, 9.17) is 23.2 Å². The van der Waals surface area contributed by atoms with Crippen molar-refractivity contribution < 1.29 is 67.2 Å². The van der Waals surface area contributed by atoms with Crippen molar-refractivity contribution in [2.45, 2.75) is 19.6 Å².